The maximum absolute atomic E-state index is 11.8. The SMILES string of the molecule is COC(=O)C(C)S(=O)(=O)NC(C)c1ncn[nH]1. The van der Waals surface area contributed by atoms with Crippen molar-refractivity contribution in [3.8, 4) is 0 Å². The number of esters is 1. The van der Waals surface area contributed by atoms with Crippen molar-refractivity contribution < 1.29 is 17.9 Å². The highest BCUT2D eigenvalue weighted by molar-refractivity contribution is 7.90. The first-order chi connectivity index (χ1) is 7.88. The van der Waals surface area contributed by atoms with Crippen molar-refractivity contribution in [1.82, 2.24) is 19.9 Å². The molecule has 0 bridgehead atoms. The van der Waals surface area contributed by atoms with Crippen molar-refractivity contribution in [3.05, 3.63) is 12.2 Å². The largest absolute Gasteiger partial charge is 0.468 e. The minimum atomic E-state index is -3.81. The molecule has 0 fully saturated rings. The van der Waals surface area contributed by atoms with Crippen LogP contribution in [0.2, 0.25) is 0 Å². The van der Waals surface area contributed by atoms with Crippen molar-refractivity contribution in [2.45, 2.75) is 25.1 Å². The van der Waals surface area contributed by atoms with Crippen molar-refractivity contribution >= 4 is 16.0 Å². The van der Waals surface area contributed by atoms with E-state index < -0.39 is 27.3 Å². The molecule has 2 unspecified atom stereocenters. The van der Waals surface area contributed by atoms with Gasteiger partial charge in [-0.05, 0) is 13.8 Å². The van der Waals surface area contributed by atoms with Crippen LogP contribution in [0.15, 0.2) is 6.33 Å². The maximum Gasteiger partial charge on any atom is 0.325 e. The zero-order chi connectivity index (χ0) is 13.1. The number of aromatic nitrogens is 3. The number of methoxy groups -OCH3 is 1. The number of H-pyrrole nitrogens is 1. The Morgan fingerprint density at radius 1 is 1.53 bits per heavy atom. The summed E-state index contributed by atoms with van der Waals surface area (Å²) in [7, 11) is -2.68. The van der Waals surface area contributed by atoms with Gasteiger partial charge in [-0.2, -0.15) is 5.10 Å². The summed E-state index contributed by atoms with van der Waals surface area (Å²) < 4.78 is 30.2. The molecule has 0 aliphatic carbocycles. The number of sulfonamides is 1. The van der Waals surface area contributed by atoms with E-state index in [1.54, 1.807) is 6.92 Å². The van der Waals surface area contributed by atoms with E-state index in [4.69, 9.17) is 0 Å². The van der Waals surface area contributed by atoms with E-state index >= 15 is 0 Å². The molecule has 2 N–H and O–H groups in total. The van der Waals surface area contributed by atoms with Crippen molar-refractivity contribution in [1.29, 1.82) is 0 Å². The van der Waals surface area contributed by atoms with Crippen LogP contribution in [0.3, 0.4) is 0 Å². The van der Waals surface area contributed by atoms with Gasteiger partial charge in [0.25, 0.3) is 0 Å². The number of aromatic amines is 1. The first-order valence-corrected chi connectivity index (χ1v) is 6.37. The third kappa shape index (κ3) is 3.24. The lowest BCUT2D eigenvalue weighted by Gasteiger charge is -2.15. The second kappa shape index (κ2) is 5.23. The van der Waals surface area contributed by atoms with E-state index in [9.17, 15) is 13.2 Å². The molecule has 1 aromatic heterocycles. The number of carbonyl (C=O) groups excluding carboxylic acids is 1. The van der Waals surface area contributed by atoms with Crippen LogP contribution in [0.25, 0.3) is 0 Å². The number of hydrogen-bond acceptors (Lipinski definition) is 6. The van der Waals surface area contributed by atoms with Crippen LogP contribution in [-0.2, 0) is 19.6 Å². The molecule has 8 nitrogen and oxygen atoms in total. The van der Waals surface area contributed by atoms with Gasteiger partial charge < -0.3 is 4.74 Å². The number of nitrogens with zero attached hydrogens (tertiary/aromatic N) is 2. The smallest absolute Gasteiger partial charge is 0.325 e. The minimum absolute atomic E-state index is 0.366. The summed E-state index contributed by atoms with van der Waals surface area (Å²) in [6, 6.07) is -0.602. The van der Waals surface area contributed by atoms with Crippen LogP contribution in [0, 0.1) is 0 Å². The van der Waals surface area contributed by atoms with Gasteiger partial charge >= 0.3 is 5.97 Å². The van der Waals surface area contributed by atoms with Crippen molar-refractivity contribution in [3.63, 3.8) is 0 Å². The summed E-state index contributed by atoms with van der Waals surface area (Å²) in [5.41, 5.74) is 0. The topological polar surface area (TPSA) is 114 Å². The molecule has 96 valence electrons. The highest BCUT2D eigenvalue weighted by Crippen LogP contribution is 2.09. The van der Waals surface area contributed by atoms with E-state index in [0.29, 0.717) is 5.82 Å². The fourth-order valence-electron chi connectivity index (χ4n) is 1.12. The van der Waals surface area contributed by atoms with E-state index in [1.807, 2.05) is 0 Å². The standard InChI is InChI=1S/C8H14N4O4S/c1-5(7-9-4-10-11-7)12-17(14,15)6(2)8(13)16-3/h4-6,12H,1-3H3,(H,9,10,11). The van der Waals surface area contributed by atoms with Crippen LogP contribution in [0.1, 0.15) is 25.7 Å². The fraction of sp³-hybridized carbons (Fsp3) is 0.625. The van der Waals surface area contributed by atoms with Gasteiger partial charge in [-0.3, -0.25) is 9.89 Å². The Kier molecular flexibility index (Phi) is 4.18. The van der Waals surface area contributed by atoms with Crippen LogP contribution >= 0.6 is 0 Å². The van der Waals surface area contributed by atoms with Crippen molar-refractivity contribution in [2.24, 2.45) is 0 Å². The summed E-state index contributed by atoms with van der Waals surface area (Å²) in [6.45, 7) is 2.84. The molecule has 1 rings (SSSR count). The third-order valence-electron chi connectivity index (χ3n) is 2.18. The molecular formula is C8H14N4O4S. The van der Waals surface area contributed by atoms with Gasteiger partial charge in [0.2, 0.25) is 10.0 Å². The van der Waals surface area contributed by atoms with Gasteiger partial charge in [-0.15, -0.1) is 0 Å². The molecule has 0 amide bonds. The van der Waals surface area contributed by atoms with Gasteiger partial charge in [0.1, 0.15) is 12.2 Å². The molecule has 0 aromatic carbocycles. The molecule has 9 heteroatoms. The van der Waals surface area contributed by atoms with Gasteiger partial charge in [-0.25, -0.2) is 18.1 Å². The van der Waals surface area contributed by atoms with Gasteiger partial charge in [0.15, 0.2) is 5.25 Å². The molecular weight excluding hydrogens is 248 g/mol. The third-order valence-corrected chi connectivity index (χ3v) is 3.99. The molecule has 1 aromatic rings. The van der Waals surface area contributed by atoms with E-state index in [1.165, 1.54) is 13.3 Å². The average Bonchev–Trinajstić information content (AvgIpc) is 2.79. The summed E-state index contributed by atoms with van der Waals surface area (Å²) in [5, 5.41) is 4.86. The predicted octanol–water partition coefficient (Wildman–Crippen LogP) is -0.653. The lowest BCUT2D eigenvalue weighted by Crippen LogP contribution is -2.39. The van der Waals surface area contributed by atoms with Gasteiger partial charge in [0.05, 0.1) is 13.2 Å². The van der Waals surface area contributed by atoms with E-state index in [-0.39, 0.29) is 0 Å². The second-order valence-corrected chi connectivity index (χ2v) is 5.45. The van der Waals surface area contributed by atoms with E-state index in [0.717, 1.165) is 7.11 Å². The first kappa shape index (κ1) is 13.6. The zero-order valence-corrected chi connectivity index (χ0v) is 10.5. The van der Waals surface area contributed by atoms with Crippen LogP contribution in [0.5, 0.6) is 0 Å². The number of nitrogens with one attached hydrogen (secondary N) is 2. The molecule has 0 aliphatic heterocycles. The summed E-state index contributed by atoms with van der Waals surface area (Å²) in [5.74, 6) is -0.451. The van der Waals surface area contributed by atoms with E-state index in [2.05, 4.69) is 24.6 Å². The maximum atomic E-state index is 11.8. The Hall–Kier alpha value is -1.48. The Labute approximate surface area is 98.8 Å². The van der Waals surface area contributed by atoms with Gasteiger partial charge in [0, 0.05) is 0 Å². The highest BCUT2D eigenvalue weighted by atomic mass is 32.2. The molecule has 0 spiro atoms. The molecule has 0 radical (unpaired) electrons. The first-order valence-electron chi connectivity index (χ1n) is 4.82. The molecule has 0 saturated carbocycles. The monoisotopic (exact) mass is 262 g/mol. The zero-order valence-electron chi connectivity index (χ0n) is 9.67. The highest BCUT2D eigenvalue weighted by Gasteiger charge is 2.30. The average molecular weight is 262 g/mol. The van der Waals surface area contributed by atoms with Crippen LogP contribution in [0.4, 0.5) is 0 Å². The fourth-order valence-corrected chi connectivity index (χ4v) is 2.28. The lowest BCUT2D eigenvalue weighted by molar-refractivity contribution is -0.139. The normalized spacial score (nSPS) is 15.2. The number of rotatable bonds is 5. The summed E-state index contributed by atoms with van der Waals surface area (Å²) in [4.78, 5) is 15.0. The Balaban J connectivity index is 2.77. The quantitative estimate of drug-likeness (QED) is 0.681. The Bertz CT molecular complexity index is 470. The summed E-state index contributed by atoms with van der Waals surface area (Å²) in [6.07, 6.45) is 1.27. The number of hydrogen-bond donors (Lipinski definition) is 2. The Morgan fingerprint density at radius 3 is 2.65 bits per heavy atom. The molecule has 2 atom stereocenters. The molecule has 1 heterocycles. The lowest BCUT2D eigenvalue weighted by atomic mass is 10.3. The van der Waals surface area contributed by atoms with Gasteiger partial charge in [-0.1, -0.05) is 0 Å². The molecule has 17 heavy (non-hydrogen) atoms. The van der Waals surface area contributed by atoms with Crippen LogP contribution < -0.4 is 4.72 Å². The number of ether oxygens (including phenoxy) is 1. The predicted molar refractivity (Wildman–Crippen MR) is 58.3 cm³/mol. The molecule has 0 aliphatic rings. The molecule has 0 saturated heterocycles. The second-order valence-electron chi connectivity index (χ2n) is 3.42. The van der Waals surface area contributed by atoms with Crippen molar-refractivity contribution in [2.75, 3.05) is 7.11 Å². The minimum Gasteiger partial charge on any atom is -0.468 e. The Morgan fingerprint density at radius 2 is 2.18 bits per heavy atom. The number of carbonyl (C=O) groups is 1. The summed E-state index contributed by atoms with van der Waals surface area (Å²) >= 11 is 0. The van der Waals surface area contributed by atoms with Crippen LogP contribution in [-0.4, -0.2) is 41.9 Å².